The second-order valence-corrected chi connectivity index (χ2v) is 4.99. The third-order valence-corrected chi connectivity index (χ3v) is 3.20. The molecular weight excluding hydrogens is 246 g/mol. The maximum atomic E-state index is 5.77. The van der Waals surface area contributed by atoms with Gasteiger partial charge in [-0.15, -0.1) is 0 Å². The Hall–Kier alpha value is -1.10. The van der Waals surface area contributed by atoms with Crippen molar-refractivity contribution >= 4 is 23.3 Å². The number of rotatable bonds is 9. The molecule has 0 bridgehead atoms. The van der Waals surface area contributed by atoms with Gasteiger partial charge in [0.05, 0.1) is 12.3 Å². The van der Waals surface area contributed by atoms with E-state index in [-0.39, 0.29) is 0 Å². The fraction of sp³-hybridized carbons (Fsp3) is 0.615. The minimum absolute atomic E-state index is 0.518. The molecule has 0 radical (unpaired) electrons. The lowest BCUT2D eigenvalue weighted by atomic mass is 10.2. The van der Waals surface area contributed by atoms with Crippen molar-refractivity contribution in [3.8, 4) is 5.88 Å². The van der Waals surface area contributed by atoms with E-state index in [1.54, 1.807) is 0 Å². The van der Waals surface area contributed by atoms with Crippen molar-refractivity contribution in [2.45, 2.75) is 26.2 Å². The predicted molar refractivity (Wildman–Crippen MR) is 80.5 cm³/mol. The van der Waals surface area contributed by atoms with Gasteiger partial charge in [-0.1, -0.05) is 6.42 Å². The molecule has 0 spiro atoms. The van der Waals surface area contributed by atoms with Crippen LogP contribution in [-0.4, -0.2) is 30.1 Å². The van der Waals surface area contributed by atoms with Gasteiger partial charge in [0.2, 0.25) is 5.88 Å². The fourth-order valence-electron chi connectivity index (χ4n) is 1.57. The van der Waals surface area contributed by atoms with Gasteiger partial charge in [-0.3, -0.25) is 0 Å². The molecule has 5 heteroatoms. The van der Waals surface area contributed by atoms with E-state index in [9.17, 15) is 0 Å². The van der Waals surface area contributed by atoms with E-state index in [4.69, 9.17) is 10.5 Å². The third kappa shape index (κ3) is 5.49. The first-order chi connectivity index (χ1) is 8.77. The number of aromatic nitrogens is 1. The van der Waals surface area contributed by atoms with E-state index < -0.39 is 0 Å². The average molecular weight is 269 g/mol. The zero-order chi connectivity index (χ0) is 13.2. The van der Waals surface area contributed by atoms with E-state index in [0.717, 1.165) is 18.8 Å². The van der Waals surface area contributed by atoms with Gasteiger partial charge < -0.3 is 15.8 Å². The van der Waals surface area contributed by atoms with Crippen LogP contribution >= 0.6 is 11.8 Å². The van der Waals surface area contributed by atoms with Crippen LogP contribution in [0.3, 0.4) is 0 Å². The lowest BCUT2D eigenvalue weighted by Gasteiger charge is -2.09. The molecule has 18 heavy (non-hydrogen) atoms. The third-order valence-electron chi connectivity index (χ3n) is 2.50. The molecule has 0 unspecified atom stereocenters. The van der Waals surface area contributed by atoms with Gasteiger partial charge in [-0.25, -0.2) is 0 Å². The summed E-state index contributed by atoms with van der Waals surface area (Å²) in [6.07, 6.45) is 5.84. The van der Waals surface area contributed by atoms with Crippen molar-refractivity contribution in [2.24, 2.45) is 0 Å². The summed E-state index contributed by atoms with van der Waals surface area (Å²) in [4.78, 5) is 4.33. The van der Waals surface area contributed by atoms with Crippen LogP contribution < -0.4 is 15.8 Å². The summed E-state index contributed by atoms with van der Waals surface area (Å²) in [6, 6.07) is 3.72. The molecule has 0 amide bonds. The minimum atomic E-state index is 0.518. The van der Waals surface area contributed by atoms with Gasteiger partial charge in [0.1, 0.15) is 5.82 Å². The number of unbranched alkanes of at least 4 members (excludes halogenated alkanes) is 2. The molecule has 0 aromatic carbocycles. The quantitative estimate of drug-likeness (QED) is 0.675. The Morgan fingerprint density at radius 1 is 1.33 bits per heavy atom. The number of nitrogen functional groups attached to an aromatic ring is 1. The number of ether oxygens (including phenoxy) is 1. The van der Waals surface area contributed by atoms with E-state index in [2.05, 4.69) is 16.6 Å². The van der Waals surface area contributed by atoms with Crippen LogP contribution in [0.4, 0.5) is 11.5 Å². The van der Waals surface area contributed by atoms with E-state index in [0.29, 0.717) is 18.2 Å². The lowest BCUT2D eigenvalue weighted by molar-refractivity contribution is 0.329. The Balaban J connectivity index is 2.31. The van der Waals surface area contributed by atoms with Crippen LogP contribution in [0.5, 0.6) is 5.88 Å². The van der Waals surface area contributed by atoms with Crippen molar-refractivity contribution in [1.82, 2.24) is 4.98 Å². The molecule has 1 heterocycles. The van der Waals surface area contributed by atoms with Gasteiger partial charge in [0, 0.05) is 6.54 Å². The topological polar surface area (TPSA) is 60.2 Å². The van der Waals surface area contributed by atoms with Crippen molar-refractivity contribution in [2.75, 3.05) is 36.2 Å². The number of hydrogen-bond donors (Lipinski definition) is 2. The molecule has 102 valence electrons. The Kier molecular flexibility index (Phi) is 7.41. The Morgan fingerprint density at radius 3 is 2.89 bits per heavy atom. The van der Waals surface area contributed by atoms with E-state index in [1.807, 2.05) is 30.8 Å². The second-order valence-electron chi connectivity index (χ2n) is 4.00. The Bertz CT molecular complexity index is 347. The molecule has 0 aliphatic heterocycles. The van der Waals surface area contributed by atoms with Crippen LogP contribution in [0.25, 0.3) is 0 Å². The van der Waals surface area contributed by atoms with E-state index >= 15 is 0 Å². The highest BCUT2D eigenvalue weighted by molar-refractivity contribution is 7.98. The molecule has 0 fully saturated rings. The standard InChI is InChI=1S/C13H23N3OS/c1-3-17-13-11(14)7-8-12(16-13)15-9-5-4-6-10-18-2/h7-8H,3-6,9-10,14H2,1-2H3,(H,15,16). The van der Waals surface area contributed by atoms with Crippen molar-refractivity contribution < 1.29 is 4.74 Å². The molecule has 0 aliphatic rings. The summed E-state index contributed by atoms with van der Waals surface area (Å²) in [7, 11) is 0. The molecule has 0 saturated heterocycles. The molecule has 0 aliphatic carbocycles. The predicted octanol–water partition coefficient (Wildman–Crippen LogP) is 3.01. The second kappa shape index (κ2) is 8.91. The highest BCUT2D eigenvalue weighted by Gasteiger charge is 2.03. The molecule has 3 N–H and O–H groups in total. The van der Waals surface area contributed by atoms with Crippen molar-refractivity contribution in [3.63, 3.8) is 0 Å². The fourth-order valence-corrected chi connectivity index (χ4v) is 2.06. The summed E-state index contributed by atoms with van der Waals surface area (Å²) in [5.41, 5.74) is 6.35. The highest BCUT2D eigenvalue weighted by atomic mass is 32.2. The van der Waals surface area contributed by atoms with Gasteiger partial charge in [0.15, 0.2) is 0 Å². The van der Waals surface area contributed by atoms with Gasteiger partial charge >= 0.3 is 0 Å². The van der Waals surface area contributed by atoms with Crippen LogP contribution in [0.15, 0.2) is 12.1 Å². The summed E-state index contributed by atoms with van der Waals surface area (Å²) >= 11 is 1.90. The van der Waals surface area contributed by atoms with E-state index in [1.165, 1.54) is 18.6 Å². The number of nitrogens with one attached hydrogen (secondary N) is 1. The highest BCUT2D eigenvalue weighted by Crippen LogP contribution is 2.20. The van der Waals surface area contributed by atoms with Crippen LogP contribution in [0.1, 0.15) is 26.2 Å². The summed E-state index contributed by atoms with van der Waals surface area (Å²) in [5, 5.41) is 3.29. The van der Waals surface area contributed by atoms with Crippen LogP contribution in [0.2, 0.25) is 0 Å². The first-order valence-corrected chi connectivity index (χ1v) is 7.79. The monoisotopic (exact) mass is 269 g/mol. The number of thioether (sulfide) groups is 1. The molecular formula is C13H23N3OS. The summed E-state index contributed by atoms with van der Waals surface area (Å²) in [5.74, 6) is 2.59. The first kappa shape index (κ1) is 15.0. The lowest BCUT2D eigenvalue weighted by Crippen LogP contribution is -2.06. The Labute approximate surface area is 114 Å². The zero-order valence-corrected chi connectivity index (χ0v) is 12.1. The smallest absolute Gasteiger partial charge is 0.239 e. The normalized spacial score (nSPS) is 10.3. The van der Waals surface area contributed by atoms with Crippen molar-refractivity contribution in [1.29, 1.82) is 0 Å². The van der Waals surface area contributed by atoms with Crippen molar-refractivity contribution in [3.05, 3.63) is 12.1 Å². The van der Waals surface area contributed by atoms with Gasteiger partial charge in [-0.05, 0) is 43.9 Å². The number of anilines is 2. The molecule has 1 aromatic heterocycles. The number of nitrogens with zero attached hydrogens (tertiary/aromatic N) is 1. The summed E-state index contributed by atoms with van der Waals surface area (Å²) in [6.45, 7) is 3.44. The van der Waals surface area contributed by atoms with Crippen LogP contribution in [0, 0.1) is 0 Å². The van der Waals surface area contributed by atoms with Gasteiger partial charge in [-0.2, -0.15) is 16.7 Å². The van der Waals surface area contributed by atoms with Crippen LogP contribution in [-0.2, 0) is 0 Å². The minimum Gasteiger partial charge on any atom is -0.476 e. The molecule has 0 atom stereocenters. The number of nitrogens with two attached hydrogens (primary N) is 1. The maximum Gasteiger partial charge on any atom is 0.239 e. The average Bonchev–Trinajstić information content (AvgIpc) is 2.37. The first-order valence-electron chi connectivity index (χ1n) is 6.40. The largest absolute Gasteiger partial charge is 0.476 e. The number of hydrogen-bond acceptors (Lipinski definition) is 5. The maximum absolute atomic E-state index is 5.77. The SMILES string of the molecule is CCOc1nc(NCCCCCSC)ccc1N. The van der Waals surface area contributed by atoms with Gasteiger partial charge in [0.25, 0.3) is 0 Å². The molecule has 1 aromatic rings. The number of pyridine rings is 1. The molecule has 0 saturated carbocycles. The zero-order valence-electron chi connectivity index (χ0n) is 11.2. The summed E-state index contributed by atoms with van der Waals surface area (Å²) < 4.78 is 5.36. The Morgan fingerprint density at radius 2 is 2.17 bits per heavy atom. The molecule has 1 rings (SSSR count). The molecule has 4 nitrogen and oxygen atoms in total.